The van der Waals surface area contributed by atoms with E-state index < -0.39 is 83.5 Å². The first kappa shape index (κ1) is 30.2. The predicted molar refractivity (Wildman–Crippen MR) is 143 cm³/mol. The second-order valence-corrected chi connectivity index (χ2v) is 13.0. The van der Waals surface area contributed by atoms with Gasteiger partial charge in [-0.05, 0) is 0 Å². The van der Waals surface area contributed by atoms with Gasteiger partial charge in [0.2, 0.25) is 5.95 Å². The Balaban J connectivity index is 1.17. The number of imidazole rings is 2. The monoisotopic (exact) mass is 674 g/mol. The summed E-state index contributed by atoms with van der Waals surface area (Å²) in [6.45, 7) is -1.65. The largest absolute Gasteiger partial charge is 0.472 e. The lowest BCUT2D eigenvalue weighted by atomic mass is 10.1. The molecule has 7 rings (SSSR count). The van der Waals surface area contributed by atoms with Gasteiger partial charge in [0, 0.05) is 0 Å². The molecule has 0 aliphatic carbocycles. The van der Waals surface area contributed by atoms with Gasteiger partial charge in [-0.3, -0.25) is 37.0 Å². The molecule has 0 radical (unpaired) electrons. The highest BCUT2D eigenvalue weighted by Crippen LogP contribution is 2.53. The number of anilines is 2. The lowest BCUT2D eigenvalue weighted by Crippen LogP contribution is -2.39. The van der Waals surface area contributed by atoms with Crippen molar-refractivity contribution in [1.82, 2.24) is 39.0 Å². The number of aromatic nitrogens is 8. The highest BCUT2D eigenvalue weighted by atomic mass is 31.2. The van der Waals surface area contributed by atoms with Crippen molar-refractivity contribution in [2.45, 2.75) is 49.1 Å². The number of H-pyrrole nitrogens is 1. The van der Waals surface area contributed by atoms with Gasteiger partial charge >= 0.3 is 15.6 Å². The van der Waals surface area contributed by atoms with E-state index in [0.717, 1.165) is 17.2 Å². The molecule has 0 aromatic carbocycles. The number of nitrogens with one attached hydrogen (secondary N) is 1. The third-order valence-corrected chi connectivity index (χ3v) is 9.29. The molecule has 0 amide bonds. The van der Waals surface area contributed by atoms with Crippen molar-refractivity contribution in [1.29, 1.82) is 0 Å². The second kappa shape index (κ2) is 10.8. The van der Waals surface area contributed by atoms with Crippen LogP contribution in [0.2, 0.25) is 0 Å². The van der Waals surface area contributed by atoms with Crippen molar-refractivity contribution in [3.05, 3.63) is 29.3 Å². The lowest BCUT2D eigenvalue weighted by Gasteiger charge is -2.27. The van der Waals surface area contributed by atoms with Crippen molar-refractivity contribution in [3.63, 3.8) is 0 Å². The molecule has 0 spiro atoms. The van der Waals surface area contributed by atoms with Crippen molar-refractivity contribution in [3.8, 4) is 0 Å². The number of aromatic amines is 1. The van der Waals surface area contributed by atoms with E-state index in [0.29, 0.717) is 0 Å². The number of aliphatic hydroxyl groups is 2. The van der Waals surface area contributed by atoms with Gasteiger partial charge in [0.25, 0.3) is 5.56 Å². The van der Waals surface area contributed by atoms with Crippen molar-refractivity contribution >= 4 is 49.7 Å². The molecule has 242 valence electrons. The Labute approximate surface area is 248 Å². The Morgan fingerprint density at radius 3 is 1.93 bits per heavy atom. The smallest absolute Gasteiger partial charge is 0.386 e. The fourth-order valence-corrected chi connectivity index (χ4v) is 7.25. The number of rotatable bonds is 2. The highest BCUT2D eigenvalue weighted by molar-refractivity contribution is 7.47. The average Bonchev–Trinajstić information content (AvgIpc) is 3.72. The molecular weight excluding hydrogens is 650 g/mol. The molecule has 0 saturated carbocycles. The van der Waals surface area contributed by atoms with Crippen LogP contribution in [0.4, 0.5) is 11.8 Å². The van der Waals surface area contributed by atoms with Crippen LogP contribution >= 0.6 is 15.6 Å². The van der Waals surface area contributed by atoms with E-state index in [9.17, 15) is 33.9 Å². The number of fused-ring (bicyclic) bond motifs is 4. The zero-order chi connectivity index (χ0) is 31.8. The summed E-state index contributed by atoms with van der Waals surface area (Å²) < 4.78 is 60.9. The number of hydrogen-bond donors (Lipinski definition) is 7. The summed E-state index contributed by atoms with van der Waals surface area (Å²) in [4.78, 5) is 55.6. The van der Waals surface area contributed by atoms with Crippen molar-refractivity contribution in [2.75, 3.05) is 24.7 Å². The van der Waals surface area contributed by atoms with Crippen LogP contribution in [0.15, 0.2) is 23.8 Å². The first-order chi connectivity index (χ1) is 21.3. The van der Waals surface area contributed by atoms with Crippen LogP contribution in [0.5, 0.6) is 0 Å². The minimum atomic E-state index is -5.06. The summed E-state index contributed by atoms with van der Waals surface area (Å²) in [5.74, 6) is -0.230. The van der Waals surface area contributed by atoms with Crippen LogP contribution in [0.3, 0.4) is 0 Å². The topological polar surface area (TPSA) is 330 Å². The zero-order valence-electron chi connectivity index (χ0n) is 22.4. The molecule has 9 N–H and O–H groups in total. The van der Waals surface area contributed by atoms with Gasteiger partial charge in [-0.15, -0.1) is 0 Å². The van der Waals surface area contributed by atoms with Crippen LogP contribution < -0.4 is 17.0 Å². The molecule has 25 heteroatoms. The molecule has 3 saturated heterocycles. The maximum atomic E-state index is 13.1. The zero-order valence-corrected chi connectivity index (χ0v) is 24.2. The van der Waals surface area contributed by atoms with Crippen LogP contribution in [0.1, 0.15) is 12.5 Å². The summed E-state index contributed by atoms with van der Waals surface area (Å²) in [6, 6.07) is 0. The molecular formula is C20H24N10O13P2. The number of hydrogen-bond acceptors (Lipinski definition) is 18. The second-order valence-electron chi connectivity index (χ2n) is 10.1. The normalized spacial score (nSPS) is 37.7. The van der Waals surface area contributed by atoms with Crippen molar-refractivity contribution in [2.24, 2.45) is 0 Å². The first-order valence-electron chi connectivity index (χ1n) is 13.0. The molecule has 4 aromatic rings. The lowest BCUT2D eigenvalue weighted by molar-refractivity contribution is -0.0664. The third-order valence-electron chi connectivity index (χ3n) is 7.32. The molecule has 3 fully saturated rings. The third kappa shape index (κ3) is 5.31. The maximum Gasteiger partial charge on any atom is 0.472 e. The Kier molecular flexibility index (Phi) is 7.27. The molecule has 3 aliphatic heterocycles. The van der Waals surface area contributed by atoms with Crippen LogP contribution in [-0.4, -0.2) is 109 Å². The standard InChI is InChI=1S/C20H24N10O13P2/c21-14-8-15(24-3-23-14)29(4-25-8)18-10(31)12-6(40-18)1-38-45(36,37)43-13-7(2-39-44(34,35)42-12)41-19(11(13)32)30-5-26-9-16(30)27-20(22)28-17(9)33/h3-7,10-13,18-19,31-32H,1-2H2,(H,34,35)(H,36,37)(H2,21,23,24)(H3,22,27,28,33)/t6-,7-,10?,11+,12+,13?,18-,19-/m1/s1. The average molecular weight is 674 g/mol. The number of aliphatic hydroxyl groups excluding tert-OH is 2. The Morgan fingerprint density at radius 1 is 0.822 bits per heavy atom. The van der Waals surface area contributed by atoms with Gasteiger partial charge in [-0.2, -0.15) is 4.98 Å². The highest BCUT2D eigenvalue weighted by Gasteiger charge is 2.54. The summed E-state index contributed by atoms with van der Waals surface area (Å²) in [6.07, 6.45) is -9.11. The summed E-state index contributed by atoms with van der Waals surface area (Å²) in [5.41, 5.74) is 10.8. The van der Waals surface area contributed by atoms with Gasteiger partial charge in [0.1, 0.15) is 48.5 Å². The molecule has 7 heterocycles. The Bertz CT molecular complexity index is 1940. The predicted octanol–water partition coefficient (Wildman–Crippen LogP) is -2.34. The van der Waals surface area contributed by atoms with Gasteiger partial charge in [0.15, 0.2) is 35.1 Å². The number of ether oxygens (including phenoxy) is 2. The summed E-state index contributed by atoms with van der Waals surface area (Å²) in [7, 11) is -10.1. The quantitative estimate of drug-likeness (QED) is 0.109. The van der Waals surface area contributed by atoms with E-state index in [2.05, 4.69) is 29.9 Å². The van der Waals surface area contributed by atoms with Crippen LogP contribution in [-0.2, 0) is 36.7 Å². The molecule has 4 unspecified atom stereocenters. The summed E-state index contributed by atoms with van der Waals surface area (Å²) >= 11 is 0. The van der Waals surface area contributed by atoms with E-state index in [1.807, 2.05) is 0 Å². The Hall–Kier alpha value is -3.44. The van der Waals surface area contributed by atoms with E-state index >= 15 is 0 Å². The Morgan fingerprint density at radius 2 is 1.36 bits per heavy atom. The fourth-order valence-electron chi connectivity index (χ4n) is 5.32. The molecule has 45 heavy (non-hydrogen) atoms. The van der Waals surface area contributed by atoms with Crippen LogP contribution in [0.25, 0.3) is 22.3 Å². The SMILES string of the molecule is Nc1nc2c(ncn2[C@@H]2O[C@@H]3COP(=O)(O)O[C@@H]4C(O)[C@H](n5cnc6c(N)ncnc65)O[C@@H]4COP(=O)(O)OC3[C@@H]2O)c(=O)[nH]1. The molecule has 10 atom stereocenters. The fraction of sp³-hybridized carbons (Fsp3) is 0.500. The number of phosphoric ester groups is 2. The molecule has 3 aliphatic rings. The molecule has 4 aromatic heterocycles. The minimum absolute atomic E-state index is 0.0383. The first-order valence-corrected chi connectivity index (χ1v) is 15.9. The van der Waals surface area contributed by atoms with E-state index in [1.165, 1.54) is 10.9 Å². The number of nitrogens with zero attached hydrogens (tertiary/aromatic N) is 7. The van der Waals surface area contributed by atoms with E-state index in [1.54, 1.807) is 0 Å². The van der Waals surface area contributed by atoms with Gasteiger partial charge in [-0.1, -0.05) is 0 Å². The maximum absolute atomic E-state index is 13.1. The molecule has 0 bridgehead atoms. The van der Waals surface area contributed by atoms with E-state index in [4.69, 9.17) is 39.0 Å². The minimum Gasteiger partial charge on any atom is -0.386 e. The van der Waals surface area contributed by atoms with Crippen molar-refractivity contribution < 1.29 is 56.7 Å². The summed E-state index contributed by atoms with van der Waals surface area (Å²) in [5, 5.41) is 22.2. The van der Waals surface area contributed by atoms with Crippen LogP contribution in [0, 0.1) is 0 Å². The van der Waals surface area contributed by atoms with E-state index in [-0.39, 0.29) is 34.1 Å². The van der Waals surface area contributed by atoms with Gasteiger partial charge < -0.3 is 40.9 Å². The molecule has 23 nitrogen and oxygen atoms in total. The van der Waals surface area contributed by atoms with Gasteiger partial charge in [0.05, 0.1) is 25.9 Å². The number of phosphoric acid groups is 2. The van der Waals surface area contributed by atoms with Gasteiger partial charge in [-0.25, -0.2) is 29.1 Å². The number of nitrogen functional groups attached to an aromatic ring is 2. The number of nitrogens with two attached hydrogens (primary N) is 2.